The Labute approximate surface area is 176 Å². The van der Waals surface area contributed by atoms with Gasteiger partial charge in [-0.15, -0.1) is 11.3 Å². The molecule has 1 N–H and O–H groups in total. The summed E-state index contributed by atoms with van der Waals surface area (Å²) in [6.45, 7) is 5.75. The molecule has 4 aromatic rings. The highest BCUT2D eigenvalue weighted by Gasteiger charge is 2.36. The van der Waals surface area contributed by atoms with Crippen LogP contribution < -0.4 is 10.9 Å². The highest BCUT2D eigenvalue weighted by atomic mass is 32.1. The number of hydrogen-bond donors (Lipinski definition) is 1. The number of imidazole rings is 1. The number of rotatable bonds is 2. The molecule has 2 saturated heterocycles. The third kappa shape index (κ3) is 2.80. The van der Waals surface area contributed by atoms with E-state index < -0.39 is 0 Å². The lowest BCUT2D eigenvalue weighted by Gasteiger charge is -2.39. The fourth-order valence-electron chi connectivity index (χ4n) is 4.80. The fourth-order valence-corrected chi connectivity index (χ4v) is 6.04. The molecule has 0 saturated carbocycles. The number of morpholine rings is 1. The van der Waals surface area contributed by atoms with Crippen molar-refractivity contribution in [2.24, 2.45) is 0 Å². The van der Waals surface area contributed by atoms with Gasteiger partial charge in [0.15, 0.2) is 10.6 Å². The average Bonchev–Trinajstić information content (AvgIpc) is 3.29. The van der Waals surface area contributed by atoms with E-state index in [1.165, 1.54) is 10.9 Å². The number of nitrogens with zero attached hydrogens (tertiary/aromatic N) is 5. The van der Waals surface area contributed by atoms with Gasteiger partial charge in [-0.25, -0.2) is 18.9 Å². The van der Waals surface area contributed by atoms with Crippen LogP contribution in [0.4, 0.5) is 0 Å². The summed E-state index contributed by atoms with van der Waals surface area (Å²) in [6, 6.07) is 3.55. The van der Waals surface area contributed by atoms with Gasteiger partial charge in [0.1, 0.15) is 5.69 Å². The Hall–Kier alpha value is -2.62. The zero-order valence-electron chi connectivity index (χ0n) is 16.8. The van der Waals surface area contributed by atoms with Crippen molar-refractivity contribution in [1.29, 1.82) is 0 Å². The van der Waals surface area contributed by atoms with Gasteiger partial charge in [0.25, 0.3) is 5.56 Å². The van der Waals surface area contributed by atoms with Gasteiger partial charge in [0.05, 0.1) is 29.8 Å². The van der Waals surface area contributed by atoms with Crippen LogP contribution in [0.3, 0.4) is 0 Å². The summed E-state index contributed by atoms with van der Waals surface area (Å²) >= 11 is 1.61. The van der Waals surface area contributed by atoms with Crippen molar-refractivity contribution in [1.82, 2.24) is 29.3 Å². The predicted molar refractivity (Wildman–Crippen MR) is 114 cm³/mol. The highest BCUT2D eigenvalue weighted by Crippen LogP contribution is 2.42. The van der Waals surface area contributed by atoms with E-state index in [2.05, 4.69) is 15.3 Å². The molecule has 6 rings (SSSR count). The highest BCUT2D eigenvalue weighted by molar-refractivity contribution is 7.17. The Morgan fingerprint density at radius 1 is 1.23 bits per heavy atom. The first kappa shape index (κ1) is 18.2. The maximum Gasteiger partial charge on any atom is 0.259 e. The van der Waals surface area contributed by atoms with E-state index in [0.29, 0.717) is 10.9 Å². The standard InChI is InChI=1S/C21H22N6O2S/c1-11-5-16(25-26-10-12(2)24-20(11)26)18-19(30-21-23-4-3-17(28)27(18)21)13-6-14-8-22-9-15(7-13)29-14/h3-5,10,13-15,22H,6-9H2,1-2H3/t13?,14-,15+. The van der Waals surface area contributed by atoms with Gasteiger partial charge in [-0.1, -0.05) is 0 Å². The van der Waals surface area contributed by atoms with E-state index in [0.717, 1.165) is 54.2 Å². The van der Waals surface area contributed by atoms with Crippen molar-refractivity contribution in [2.75, 3.05) is 13.1 Å². The zero-order chi connectivity index (χ0) is 20.4. The molecule has 0 aliphatic carbocycles. The summed E-state index contributed by atoms with van der Waals surface area (Å²) in [5.74, 6) is 0.319. The lowest BCUT2D eigenvalue weighted by molar-refractivity contribution is -0.0776. The molecule has 2 aliphatic heterocycles. The molecule has 9 heteroatoms. The summed E-state index contributed by atoms with van der Waals surface area (Å²) in [6.07, 6.45) is 5.79. The second-order valence-electron chi connectivity index (χ2n) is 8.29. The van der Waals surface area contributed by atoms with E-state index in [4.69, 9.17) is 9.84 Å². The molecular formula is C21H22N6O2S. The van der Waals surface area contributed by atoms with Crippen LogP contribution in [-0.2, 0) is 4.74 Å². The molecule has 2 bridgehead atoms. The number of thiazole rings is 1. The SMILES string of the molecule is Cc1cn2nc(-c3c(C4C[C@H]5CNC[C@@H](C4)O5)sc4nccc(=O)n34)cc(C)c2n1. The van der Waals surface area contributed by atoms with Crippen molar-refractivity contribution in [2.45, 2.75) is 44.8 Å². The first-order valence-corrected chi connectivity index (χ1v) is 11.1. The molecule has 154 valence electrons. The van der Waals surface area contributed by atoms with Gasteiger partial charge in [-0.2, -0.15) is 5.10 Å². The van der Waals surface area contributed by atoms with Crippen LogP contribution in [-0.4, -0.2) is 49.3 Å². The molecule has 8 nitrogen and oxygen atoms in total. The zero-order valence-corrected chi connectivity index (χ0v) is 17.6. The molecule has 1 unspecified atom stereocenters. The molecule has 4 aromatic heterocycles. The summed E-state index contributed by atoms with van der Waals surface area (Å²) < 4.78 is 9.67. The summed E-state index contributed by atoms with van der Waals surface area (Å²) in [5.41, 5.74) is 4.36. The largest absolute Gasteiger partial charge is 0.372 e. The van der Waals surface area contributed by atoms with Crippen LogP contribution in [0, 0.1) is 13.8 Å². The van der Waals surface area contributed by atoms with E-state index in [-0.39, 0.29) is 17.8 Å². The molecular weight excluding hydrogens is 400 g/mol. The van der Waals surface area contributed by atoms with Crippen LogP contribution in [0.5, 0.6) is 0 Å². The summed E-state index contributed by atoms with van der Waals surface area (Å²) in [5, 5.41) is 8.31. The van der Waals surface area contributed by atoms with Crippen LogP contribution in [0.1, 0.15) is 34.9 Å². The van der Waals surface area contributed by atoms with Gasteiger partial charge >= 0.3 is 0 Å². The fraction of sp³-hybridized carbons (Fsp3) is 0.429. The third-order valence-corrected chi connectivity index (χ3v) is 7.26. The molecule has 3 atom stereocenters. The molecule has 0 aromatic carbocycles. The van der Waals surface area contributed by atoms with Gasteiger partial charge < -0.3 is 10.1 Å². The minimum atomic E-state index is -0.0761. The minimum Gasteiger partial charge on any atom is -0.372 e. The van der Waals surface area contributed by atoms with Gasteiger partial charge in [-0.05, 0) is 38.3 Å². The van der Waals surface area contributed by atoms with Crippen molar-refractivity contribution in [3.63, 3.8) is 0 Å². The maximum atomic E-state index is 12.9. The lowest BCUT2D eigenvalue weighted by Crippen LogP contribution is -2.49. The normalized spacial score (nSPS) is 24.0. The van der Waals surface area contributed by atoms with E-state index in [1.54, 1.807) is 21.9 Å². The molecule has 0 spiro atoms. The topological polar surface area (TPSA) is 85.8 Å². The Kier molecular flexibility index (Phi) is 4.06. The molecule has 0 amide bonds. The molecule has 6 heterocycles. The van der Waals surface area contributed by atoms with Gasteiger partial charge in [0.2, 0.25) is 0 Å². The second-order valence-corrected chi connectivity index (χ2v) is 9.29. The number of aryl methyl sites for hydroxylation is 2. The molecule has 2 aliphatic rings. The summed E-state index contributed by atoms with van der Waals surface area (Å²) in [4.78, 5) is 23.8. The molecule has 2 fully saturated rings. The van der Waals surface area contributed by atoms with E-state index >= 15 is 0 Å². The van der Waals surface area contributed by atoms with Crippen molar-refractivity contribution >= 4 is 21.9 Å². The minimum absolute atomic E-state index is 0.0761. The molecule has 0 radical (unpaired) electrons. The number of ether oxygens (including phenoxy) is 1. The summed E-state index contributed by atoms with van der Waals surface area (Å²) in [7, 11) is 0. The third-order valence-electron chi connectivity index (χ3n) is 6.04. The number of hydrogen-bond acceptors (Lipinski definition) is 7. The van der Waals surface area contributed by atoms with Crippen LogP contribution >= 0.6 is 11.3 Å². The quantitative estimate of drug-likeness (QED) is 0.534. The lowest BCUT2D eigenvalue weighted by atomic mass is 9.87. The van der Waals surface area contributed by atoms with Crippen molar-refractivity contribution in [3.05, 3.63) is 51.0 Å². The van der Waals surface area contributed by atoms with E-state index in [9.17, 15) is 4.79 Å². The van der Waals surface area contributed by atoms with Gasteiger partial charge in [-0.3, -0.25) is 4.79 Å². The smallest absolute Gasteiger partial charge is 0.259 e. The predicted octanol–water partition coefficient (Wildman–Crippen LogP) is 2.32. The first-order chi connectivity index (χ1) is 14.6. The Bertz CT molecular complexity index is 1330. The van der Waals surface area contributed by atoms with Crippen molar-refractivity contribution in [3.8, 4) is 11.4 Å². The van der Waals surface area contributed by atoms with Crippen LogP contribution in [0.25, 0.3) is 22.0 Å². The Balaban J connectivity index is 1.59. The van der Waals surface area contributed by atoms with Gasteiger partial charge in [0, 0.05) is 36.1 Å². The van der Waals surface area contributed by atoms with Crippen molar-refractivity contribution < 1.29 is 4.74 Å². The Morgan fingerprint density at radius 2 is 2.03 bits per heavy atom. The maximum absolute atomic E-state index is 12.9. The van der Waals surface area contributed by atoms with E-state index in [1.807, 2.05) is 30.6 Å². The number of aromatic nitrogens is 5. The number of fused-ring (bicyclic) bond motifs is 4. The first-order valence-electron chi connectivity index (χ1n) is 10.3. The Morgan fingerprint density at radius 3 is 2.83 bits per heavy atom. The second kappa shape index (κ2) is 6.69. The number of nitrogens with one attached hydrogen (secondary N) is 1. The monoisotopic (exact) mass is 422 g/mol. The average molecular weight is 423 g/mol. The van der Waals surface area contributed by atoms with Crippen LogP contribution in [0.15, 0.2) is 29.3 Å². The molecule has 30 heavy (non-hydrogen) atoms. The van der Waals surface area contributed by atoms with Crippen LogP contribution in [0.2, 0.25) is 0 Å².